The van der Waals surface area contributed by atoms with Gasteiger partial charge in [0.25, 0.3) is 0 Å². The molecule has 0 fully saturated rings. The Labute approximate surface area is 312 Å². The predicted octanol–water partition coefficient (Wildman–Crippen LogP) is 15.0. The van der Waals surface area contributed by atoms with Crippen molar-refractivity contribution in [1.29, 1.82) is 0 Å². The van der Waals surface area contributed by atoms with Gasteiger partial charge in [-0.3, -0.25) is 0 Å². The molecule has 0 radical (unpaired) electrons. The molecule has 10 aromatic carbocycles. The van der Waals surface area contributed by atoms with Crippen LogP contribution in [0.2, 0.25) is 0 Å². The standard InChI is InChI=1S/C52H33NO/c1-3-15-41-34(11-1)13-9-20-42(41)35-23-28-39(29-24-35)53(49-21-10-14-37-27-32-47-46-19-7-8-22-50(46)54-52(47)51(37)49)40-30-25-36(26-31-40)48-33-38-12-2-4-16-43(38)44-17-5-6-18-45(44)48/h1-33H. The minimum Gasteiger partial charge on any atom is -0.455 e. The summed E-state index contributed by atoms with van der Waals surface area (Å²) < 4.78 is 6.67. The van der Waals surface area contributed by atoms with E-state index in [1.54, 1.807) is 0 Å². The van der Waals surface area contributed by atoms with Crippen molar-refractivity contribution in [3.05, 3.63) is 200 Å². The van der Waals surface area contributed by atoms with Gasteiger partial charge in [-0.05, 0) is 108 Å². The fourth-order valence-electron chi connectivity index (χ4n) is 8.50. The van der Waals surface area contributed by atoms with Crippen LogP contribution in [0.5, 0.6) is 0 Å². The summed E-state index contributed by atoms with van der Waals surface area (Å²) in [5.41, 5.74) is 9.85. The van der Waals surface area contributed by atoms with Crippen LogP contribution in [0.1, 0.15) is 0 Å². The third-order valence-electron chi connectivity index (χ3n) is 11.0. The summed E-state index contributed by atoms with van der Waals surface area (Å²) in [4.78, 5) is 2.38. The second kappa shape index (κ2) is 12.2. The number of para-hydroxylation sites is 1. The highest BCUT2D eigenvalue weighted by Crippen LogP contribution is 2.45. The van der Waals surface area contributed by atoms with Crippen LogP contribution < -0.4 is 4.90 Å². The molecule has 2 nitrogen and oxygen atoms in total. The topological polar surface area (TPSA) is 16.4 Å². The van der Waals surface area contributed by atoms with Crippen LogP contribution in [0, 0.1) is 0 Å². The summed E-state index contributed by atoms with van der Waals surface area (Å²) in [6.07, 6.45) is 0. The van der Waals surface area contributed by atoms with Gasteiger partial charge in [-0.1, -0.05) is 152 Å². The Morgan fingerprint density at radius 1 is 0.333 bits per heavy atom. The quantitative estimate of drug-likeness (QED) is 0.168. The van der Waals surface area contributed by atoms with Gasteiger partial charge >= 0.3 is 0 Å². The first-order valence-corrected chi connectivity index (χ1v) is 18.5. The van der Waals surface area contributed by atoms with Gasteiger partial charge in [-0.15, -0.1) is 0 Å². The molecule has 0 unspecified atom stereocenters. The van der Waals surface area contributed by atoms with Gasteiger partial charge in [0.1, 0.15) is 11.2 Å². The van der Waals surface area contributed by atoms with E-state index in [2.05, 4.69) is 199 Å². The summed E-state index contributed by atoms with van der Waals surface area (Å²) in [7, 11) is 0. The van der Waals surface area contributed by atoms with Gasteiger partial charge in [0.15, 0.2) is 0 Å². The first-order valence-electron chi connectivity index (χ1n) is 18.5. The van der Waals surface area contributed by atoms with Crippen molar-refractivity contribution in [2.75, 3.05) is 4.90 Å². The zero-order chi connectivity index (χ0) is 35.6. The molecule has 0 amide bonds. The number of nitrogens with zero attached hydrogens (tertiary/aromatic N) is 1. The molecule has 11 rings (SSSR count). The summed E-state index contributed by atoms with van der Waals surface area (Å²) in [6, 6.07) is 72.3. The Balaban J connectivity index is 1.11. The summed E-state index contributed by atoms with van der Waals surface area (Å²) in [5.74, 6) is 0. The minimum atomic E-state index is 0.896. The molecular formula is C52H33NO. The van der Waals surface area contributed by atoms with Crippen LogP contribution in [-0.2, 0) is 0 Å². The highest BCUT2D eigenvalue weighted by atomic mass is 16.3. The van der Waals surface area contributed by atoms with E-state index in [9.17, 15) is 0 Å². The van der Waals surface area contributed by atoms with Crippen LogP contribution in [0.15, 0.2) is 205 Å². The predicted molar refractivity (Wildman–Crippen MR) is 229 cm³/mol. The highest BCUT2D eigenvalue weighted by Gasteiger charge is 2.20. The smallest absolute Gasteiger partial charge is 0.145 e. The number of rotatable bonds is 5. The molecule has 0 aliphatic carbocycles. The average Bonchev–Trinajstić information content (AvgIpc) is 3.63. The molecule has 0 bridgehead atoms. The molecule has 2 heteroatoms. The second-order valence-corrected chi connectivity index (χ2v) is 14.1. The Morgan fingerprint density at radius 2 is 0.907 bits per heavy atom. The van der Waals surface area contributed by atoms with Crippen molar-refractivity contribution in [2.45, 2.75) is 0 Å². The van der Waals surface area contributed by atoms with Crippen LogP contribution in [-0.4, -0.2) is 0 Å². The largest absolute Gasteiger partial charge is 0.455 e. The van der Waals surface area contributed by atoms with Gasteiger partial charge < -0.3 is 9.32 Å². The van der Waals surface area contributed by atoms with E-state index in [1.807, 2.05) is 6.07 Å². The van der Waals surface area contributed by atoms with Gasteiger partial charge in [0.05, 0.1) is 5.69 Å². The lowest BCUT2D eigenvalue weighted by atomic mass is 9.93. The molecular weight excluding hydrogens is 655 g/mol. The van der Waals surface area contributed by atoms with E-state index < -0.39 is 0 Å². The van der Waals surface area contributed by atoms with Crippen LogP contribution in [0.3, 0.4) is 0 Å². The number of anilines is 3. The lowest BCUT2D eigenvalue weighted by molar-refractivity contribution is 0.672. The van der Waals surface area contributed by atoms with E-state index in [0.717, 1.165) is 49.8 Å². The molecule has 252 valence electrons. The Bertz CT molecular complexity index is 3200. The van der Waals surface area contributed by atoms with Crippen LogP contribution in [0.25, 0.3) is 87.3 Å². The molecule has 54 heavy (non-hydrogen) atoms. The van der Waals surface area contributed by atoms with E-state index in [0.29, 0.717) is 0 Å². The number of hydrogen-bond acceptors (Lipinski definition) is 2. The van der Waals surface area contributed by atoms with Gasteiger partial charge in [0.2, 0.25) is 0 Å². The van der Waals surface area contributed by atoms with Gasteiger partial charge in [-0.25, -0.2) is 0 Å². The minimum absolute atomic E-state index is 0.896. The summed E-state index contributed by atoms with van der Waals surface area (Å²) in [6.45, 7) is 0. The third kappa shape index (κ3) is 4.81. The fraction of sp³-hybridized carbons (Fsp3) is 0. The van der Waals surface area contributed by atoms with E-state index >= 15 is 0 Å². The molecule has 0 saturated carbocycles. The maximum Gasteiger partial charge on any atom is 0.145 e. The molecule has 0 saturated heterocycles. The Hall–Kier alpha value is -7.16. The zero-order valence-electron chi connectivity index (χ0n) is 29.4. The van der Waals surface area contributed by atoms with Gasteiger partial charge in [-0.2, -0.15) is 0 Å². The number of fused-ring (bicyclic) bond motifs is 9. The average molecular weight is 688 g/mol. The maximum absolute atomic E-state index is 6.67. The lowest BCUT2D eigenvalue weighted by Crippen LogP contribution is -2.10. The lowest BCUT2D eigenvalue weighted by Gasteiger charge is -2.27. The molecule has 0 aliphatic heterocycles. The molecule has 0 atom stereocenters. The van der Waals surface area contributed by atoms with Crippen molar-refractivity contribution in [2.24, 2.45) is 0 Å². The van der Waals surface area contributed by atoms with E-state index in [-0.39, 0.29) is 0 Å². The maximum atomic E-state index is 6.67. The molecule has 0 aliphatic rings. The summed E-state index contributed by atoms with van der Waals surface area (Å²) >= 11 is 0. The molecule has 1 heterocycles. The number of benzene rings is 10. The third-order valence-corrected chi connectivity index (χ3v) is 11.0. The SMILES string of the molecule is c1ccc2c(-c3ccc(N(c4ccc(-c5cc6ccccc6c6ccccc56)cc4)c4cccc5ccc6c7ccccc7oc6c45)cc3)cccc2c1. The van der Waals surface area contributed by atoms with Crippen molar-refractivity contribution in [3.8, 4) is 22.3 Å². The Morgan fingerprint density at radius 3 is 1.69 bits per heavy atom. The van der Waals surface area contributed by atoms with Crippen molar-refractivity contribution < 1.29 is 4.42 Å². The number of furan rings is 1. The fourth-order valence-corrected chi connectivity index (χ4v) is 8.50. The monoisotopic (exact) mass is 687 g/mol. The molecule has 1 aromatic heterocycles. The first-order chi connectivity index (χ1) is 26.8. The highest BCUT2D eigenvalue weighted by molar-refractivity contribution is 6.19. The van der Waals surface area contributed by atoms with E-state index in [1.165, 1.54) is 54.6 Å². The molecule has 0 spiro atoms. The van der Waals surface area contributed by atoms with Crippen molar-refractivity contribution >= 4 is 82.1 Å². The van der Waals surface area contributed by atoms with Crippen molar-refractivity contribution in [1.82, 2.24) is 0 Å². The van der Waals surface area contributed by atoms with Crippen molar-refractivity contribution in [3.63, 3.8) is 0 Å². The normalized spacial score (nSPS) is 11.7. The zero-order valence-corrected chi connectivity index (χ0v) is 29.4. The first kappa shape index (κ1) is 30.5. The van der Waals surface area contributed by atoms with E-state index in [4.69, 9.17) is 4.42 Å². The van der Waals surface area contributed by atoms with Gasteiger partial charge in [0, 0.05) is 27.5 Å². The number of hydrogen-bond donors (Lipinski definition) is 0. The second-order valence-electron chi connectivity index (χ2n) is 14.1. The van der Waals surface area contributed by atoms with Crippen LogP contribution >= 0.6 is 0 Å². The summed E-state index contributed by atoms with van der Waals surface area (Å²) in [5, 5.41) is 12.0. The molecule has 0 N–H and O–H groups in total. The Kier molecular flexibility index (Phi) is 6.90. The molecule has 11 aromatic rings. The van der Waals surface area contributed by atoms with Crippen LogP contribution in [0.4, 0.5) is 17.1 Å².